The quantitative estimate of drug-likeness (QED) is 0.813. The van der Waals surface area contributed by atoms with Crippen LogP contribution < -0.4 is 5.32 Å². The molecule has 102 valence electrons. The molecule has 0 bridgehead atoms. The monoisotopic (exact) mass is 241 g/mol. The SMILES string of the molecule is CC.CC.CNCC(=O)C1=CC(C)C(C)C=C1.[HH]. The molecule has 0 aromatic heterocycles. The van der Waals surface area contributed by atoms with Crippen molar-refractivity contribution >= 4 is 5.78 Å². The fraction of sp³-hybridized carbons (Fsp3) is 0.667. The zero-order valence-corrected chi connectivity index (χ0v) is 12.5. The average molecular weight is 241 g/mol. The number of ketones is 1. The molecule has 0 radical (unpaired) electrons. The Morgan fingerprint density at radius 1 is 1.24 bits per heavy atom. The first kappa shape index (κ1) is 18.5. The molecule has 2 heteroatoms. The second kappa shape index (κ2) is 11.6. The lowest BCUT2D eigenvalue weighted by Gasteiger charge is -2.18. The fourth-order valence-electron chi connectivity index (χ4n) is 1.37. The summed E-state index contributed by atoms with van der Waals surface area (Å²) in [5, 5.41) is 2.87. The summed E-state index contributed by atoms with van der Waals surface area (Å²) in [6.07, 6.45) is 6.10. The topological polar surface area (TPSA) is 29.1 Å². The average Bonchev–Trinajstić information content (AvgIpc) is 2.38. The summed E-state index contributed by atoms with van der Waals surface area (Å²) in [6, 6.07) is 0. The van der Waals surface area contributed by atoms with E-state index in [1.807, 2.05) is 33.8 Å². The van der Waals surface area contributed by atoms with E-state index in [4.69, 9.17) is 0 Å². The first-order valence-corrected chi connectivity index (χ1v) is 6.73. The predicted molar refractivity (Wildman–Crippen MR) is 79.3 cm³/mol. The Morgan fingerprint density at radius 2 is 1.76 bits per heavy atom. The van der Waals surface area contributed by atoms with Crippen LogP contribution >= 0.6 is 0 Å². The van der Waals surface area contributed by atoms with Crippen molar-refractivity contribution < 1.29 is 6.22 Å². The van der Waals surface area contributed by atoms with Crippen LogP contribution in [-0.2, 0) is 4.79 Å². The van der Waals surface area contributed by atoms with Crippen LogP contribution in [0.15, 0.2) is 23.8 Å². The van der Waals surface area contributed by atoms with Crippen molar-refractivity contribution in [1.82, 2.24) is 5.32 Å². The van der Waals surface area contributed by atoms with Crippen molar-refractivity contribution in [1.29, 1.82) is 0 Å². The van der Waals surface area contributed by atoms with Gasteiger partial charge in [-0.15, -0.1) is 0 Å². The summed E-state index contributed by atoms with van der Waals surface area (Å²) in [6.45, 7) is 12.7. The number of hydrogen-bond acceptors (Lipinski definition) is 2. The molecule has 2 nitrogen and oxygen atoms in total. The molecule has 0 aromatic carbocycles. The maximum Gasteiger partial charge on any atom is 0.176 e. The number of rotatable bonds is 3. The van der Waals surface area contributed by atoms with Gasteiger partial charge in [-0.1, -0.05) is 59.8 Å². The molecule has 0 aliphatic heterocycles. The minimum absolute atomic E-state index is 0. The second-order valence-electron chi connectivity index (χ2n) is 3.65. The first-order chi connectivity index (χ1) is 8.15. The number of nitrogens with one attached hydrogen (secondary N) is 1. The lowest BCUT2D eigenvalue weighted by molar-refractivity contribution is -0.114. The van der Waals surface area contributed by atoms with E-state index in [-0.39, 0.29) is 7.21 Å². The number of carbonyl (C=O) groups excluding carboxylic acids is 1. The van der Waals surface area contributed by atoms with E-state index < -0.39 is 0 Å². The van der Waals surface area contributed by atoms with Crippen molar-refractivity contribution in [2.24, 2.45) is 11.8 Å². The van der Waals surface area contributed by atoms with E-state index in [1.54, 1.807) is 7.05 Å². The van der Waals surface area contributed by atoms with Gasteiger partial charge >= 0.3 is 0 Å². The second-order valence-corrected chi connectivity index (χ2v) is 3.65. The van der Waals surface area contributed by atoms with Crippen LogP contribution in [-0.4, -0.2) is 19.4 Å². The third-order valence-electron chi connectivity index (χ3n) is 2.51. The highest BCUT2D eigenvalue weighted by Crippen LogP contribution is 2.22. The van der Waals surface area contributed by atoms with E-state index in [9.17, 15) is 4.79 Å². The largest absolute Gasteiger partial charge is 0.313 e. The fourth-order valence-corrected chi connectivity index (χ4v) is 1.37. The molecule has 0 saturated heterocycles. The summed E-state index contributed by atoms with van der Waals surface area (Å²) in [5.74, 6) is 1.20. The third kappa shape index (κ3) is 7.11. The number of carbonyl (C=O) groups is 1. The normalized spacial score (nSPS) is 21.5. The predicted octanol–water partition coefficient (Wildman–Crippen LogP) is 3.84. The van der Waals surface area contributed by atoms with Gasteiger partial charge in [0.1, 0.15) is 0 Å². The third-order valence-corrected chi connectivity index (χ3v) is 2.51. The molecule has 2 unspecified atom stereocenters. The van der Waals surface area contributed by atoms with Gasteiger partial charge < -0.3 is 5.32 Å². The molecule has 1 N–H and O–H groups in total. The van der Waals surface area contributed by atoms with Crippen LogP contribution in [0.3, 0.4) is 0 Å². The van der Waals surface area contributed by atoms with Gasteiger partial charge in [0.2, 0.25) is 0 Å². The van der Waals surface area contributed by atoms with Crippen molar-refractivity contribution in [2.75, 3.05) is 13.6 Å². The maximum atomic E-state index is 11.5. The summed E-state index contributed by atoms with van der Waals surface area (Å²) in [4.78, 5) is 11.5. The Balaban J connectivity index is -0.000000409. The highest BCUT2D eigenvalue weighted by molar-refractivity contribution is 5.99. The Labute approximate surface area is 109 Å². The molecule has 0 saturated carbocycles. The number of Topliss-reactive ketones (excluding diaryl/α,β-unsaturated/α-hetero) is 1. The molecule has 0 amide bonds. The van der Waals surface area contributed by atoms with Gasteiger partial charge in [-0.05, 0) is 18.9 Å². The highest BCUT2D eigenvalue weighted by atomic mass is 16.1. The molecular formula is C15H31NO. The van der Waals surface area contributed by atoms with Crippen molar-refractivity contribution in [3.8, 4) is 0 Å². The molecule has 1 aliphatic carbocycles. The van der Waals surface area contributed by atoms with Crippen LogP contribution in [0.5, 0.6) is 0 Å². The molecule has 0 heterocycles. The maximum absolute atomic E-state index is 11.5. The molecule has 1 rings (SSSR count). The smallest absolute Gasteiger partial charge is 0.176 e. The van der Waals surface area contributed by atoms with Gasteiger partial charge in [-0.2, -0.15) is 0 Å². The summed E-state index contributed by atoms with van der Waals surface area (Å²) in [7, 11) is 1.79. The summed E-state index contributed by atoms with van der Waals surface area (Å²) >= 11 is 0. The van der Waals surface area contributed by atoms with Gasteiger partial charge in [0.25, 0.3) is 0 Å². The standard InChI is InChI=1S/C11H17NO.2C2H6.H2/c1-8-4-5-10(6-9(8)2)11(13)7-12-3;2*1-2;/h4-6,8-9,12H,7H2,1-3H3;2*1-2H3;1H. The van der Waals surface area contributed by atoms with Crippen LogP contribution in [0.2, 0.25) is 0 Å². The molecule has 17 heavy (non-hydrogen) atoms. The molecule has 0 fully saturated rings. The van der Waals surface area contributed by atoms with Crippen molar-refractivity contribution in [2.45, 2.75) is 41.5 Å². The Bertz CT molecular complexity index is 259. The zero-order valence-electron chi connectivity index (χ0n) is 12.5. The minimum Gasteiger partial charge on any atom is -0.313 e. The van der Waals surface area contributed by atoms with Crippen LogP contribution in [0.1, 0.15) is 43.0 Å². The van der Waals surface area contributed by atoms with E-state index in [1.165, 1.54) is 0 Å². The summed E-state index contributed by atoms with van der Waals surface area (Å²) < 4.78 is 0. The van der Waals surface area contributed by atoms with Gasteiger partial charge in [0, 0.05) is 7.00 Å². The number of allylic oxidation sites excluding steroid dienone is 3. The highest BCUT2D eigenvalue weighted by Gasteiger charge is 2.15. The zero-order chi connectivity index (χ0) is 13.8. The number of likely N-dealkylation sites (N-methyl/N-ethyl adjacent to an activating group) is 1. The summed E-state index contributed by atoms with van der Waals surface area (Å²) in [5.41, 5.74) is 0.847. The van der Waals surface area contributed by atoms with Crippen molar-refractivity contribution in [3.05, 3.63) is 23.8 Å². The number of hydrogen-bond donors (Lipinski definition) is 1. The van der Waals surface area contributed by atoms with Crippen molar-refractivity contribution in [3.63, 3.8) is 0 Å². The van der Waals surface area contributed by atoms with Crippen LogP contribution in [0.25, 0.3) is 0 Å². The lowest BCUT2D eigenvalue weighted by atomic mass is 9.87. The van der Waals surface area contributed by atoms with Crippen LogP contribution in [0.4, 0.5) is 0 Å². The van der Waals surface area contributed by atoms with E-state index in [2.05, 4.69) is 31.3 Å². The van der Waals surface area contributed by atoms with Gasteiger partial charge in [-0.3, -0.25) is 4.79 Å². The van der Waals surface area contributed by atoms with E-state index in [0.717, 1.165) is 5.57 Å². The Morgan fingerprint density at radius 3 is 2.18 bits per heavy atom. The first-order valence-electron chi connectivity index (χ1n) is 6.73. The van der Waals surface area contributed by atoms with Gasteiger partial charge in [0.05, 0.1) is 6.54 Å². The van der Waals surface area contributed by atoms with Gasteiger partial charge in [0.15, 0.2) is 5.78 Å². The van der Waals surface area contributed by atoms with Gasteiger partial charge in [-0.25, -0.2) is 0 Å². The lowest BCUT2D eigenvalue weighted by Crippen LogP contribution is -2.21. The molecule has 0 aromatic rings. The molecular weight excluding hydrogens is 210 g/mol. The molecule has 2 atom stereocenters. The van der Waals surface area contributed by atoms with Crippen LogP contribution in [0, 0.1) is 11.8 Å². The molecule has 1 aliphatic rings. The van der Waals surface area contributed by atoms with E-state index in [0.29, 0.717) is 18.4 Å². The molecule has 0 spiro atoms. The Hall–Kier alpha value is -0.890. The van der Waals surface area contributed by atoms with E-state index >= 15 is 0 Å². The Kier molecular flexibility index (Phi) is 12.6. The minimum atomic E-state index is 0.